The van der Waals surface area contributed by atoms with E-state index in [-0.39, 0.29) is 18.0 Å². The summed E-state index contributed by atoms with van der Waals surface area (Å²) in [6.45, 7) is 10.9. The minimum absolute atomic E-state index is 0.0466. The van der Waals surface area contributed by atoms with Gasteiger partial charge in [0.25, 0.3) is 5.89 Å². The van der Waals surface area contributed by atoms with Gasteiger partial charge >= 0.3 is 12.5 Å². The zero-order valence-corrected chi connectivity index (χ0v) is 22.8. The van der Waals surface area contributed by atoms with Crippen molar-refractivity contribution < 1.29 is 18.0 Å². The second kappa shape index (κ2) is 13.8. The Morgan fingerprint density at radius 3 is 2.62 bits per heavy atom. The van der Waals surface area contributed by atoms with Gasteiger partial charge in [-0.3, -0.25) is 5.01 Å². The Morgan fingerprint density at radius 2 is 1.98 bits per heavy atom. The maximum absolute atomic E-state index is 12.8. The molecule has 0 bridgehead atoms. The van der Waals surface area contributed by atoms with Gasteiger partial charge in [-0.2, -0.15) is 13.9 Å². The molecule has 212 valence electrons. The smallest absolute Gasteiger partial charge is 0.321 e. The van der Waals surface area contributed by atoms with E-state index in [9.17, 15) is 13.6 Å². The summed E-state index contributed by atoms with van der Waals surface area (Å²) in [6, 6.07) is 14.9. The van der Waals surface area contributed by atoms with Crippen LogP contribution >= 0.6 is 0 Å². The quantitative estimate of drug-likeness (QED) is 0.214. The number of benzene rings is 2. The first-order valence-corrected chi connectivity index (χ1v) is 13.4. The molecule has 2 amide bonds. The number of urea groups is 1. The molecule has 1 fully saturated rings. The molecule has 9 nitrogen and oxygen atoms in total. The van der Waals surface area contributed by atoms with Crippen LogP contribution in [0.5, 0.6) is 0 Å². The standard InChI is InChI=1S/C29H35F2N7O2/c1-4-5-9-25(21-10-12-22(13-11-21)27-35-36-28(40-27)26(30)31)38(32-3)19-20(2)23-7-6-8-24(18-23)34-29(39)37-16-14-33-15-17-37/h6-8,10-13,18-19,25-26,33H,3-5,9,14-17H2,1-2H3,(H,34,39)/b20-19+. The van der Waals surface area contributed by atoms with Crippen LogP contribution in [-0.2, 0) is 0 Å². The molecule has 11 heteroatoms. The highest BCUT2D eigenvalue weighted by Gasteiger charge is 2.21. The number of anilines is 1. The summed E-state index contributed by atoms with van der Waals surface area (Å²) in [5, 5.41) is 19.5. The van der Waals surface area contributed by atoms with E-state index in [0.29, 0.717) is 18.7 Å². The third kappa shape index (κ3) is 7.29. The molecule has 1 unspecified atom stereocenters. The predicted octanol–water partition coefficient (Wildman–Crippen LogP) is 6.32. The van der Waals surface area contributed by atoms with E-state index in [4.69, 9.17) is 4.42 Å². The van der Waals surface area contributed by atoms with E-state index in [1.54, 1.807) is 17.0 Å². The maximum atomic E-state index is 12.8. The highest BCUT2D eigenvalue weighted by Crippen LogP contribution is 2.31. The van der Waals surface area contributed by atoms with Gasteiger partial charge in [0.05, 0.1) is 6.04 Å². The molecule has 0 spiro atoms. The molecule has 2 heterocycles. The van der Waals surface area contributed by atoms with Gasteiger partial charge in [0.15, 0.2) is 0 Å². The number of hydrogen-bond donors (Lipinski definition) is 2. The first-order chi connectivity index (χ1) is 19.4. The Labute approximate surface area is 233 Å². The maximum Gasteiger partial charge on any atom is 0.321 e. The molecule has 0 saturated carbocycles. The molecule has 0 radical (unpaired) electrons. The minimum Gasteiger partial charge on any atom is -0.415 e. The van der Waals surface area contributed by atoms with Crippen LogP contribution in [0, 0.1) is 0 Å². The van der Waals surface area contributed by atoms with Crippen LogP contribution in [0.2, 0.25) is 0 Å². The number of rotatable bonds is 11. The Morgan fingerprint density at radius 1 is 1.23 bits per heavy atom. The van der Waals surface area contributed by atoms with Crippen molar-refractivity contribution in [2.45, 2.75) is 45.6 Å². The summed E-state index contributed by atoms with van der Waals surface area (Å²) in [5.41, 5.74) is 4.17. The number of hydrogen-bond acceptors (Lipinski definition) is 7. The highest BCUT2D eigenvalue weighted by atomic mass is 19.3. The first-order valence-electron chi connectivity index (χ1n) is 13.4. The van der Waals surface area contributed by atoms with E-state index in [0.717, 1.165) is 54.7 Å². The molecule has 1 aliphatic rings. The van der Waals surface area contributed by atoms with Crippen molar-refractivity contribution in [3.63, 3.8) is 0 Å². The van der Waals surface area contributed by atoms with Gasteiger partial charge in [-0.25, -0.2) is 4.79 Å². The van der Waals surface area contributed by atoms with Gasteiger partial charge < -0.3 is 20.0 Å². The zero-order chi connectivity index (χ0) is 28.5. The van der Waals surface area contributed by atoms with Crippen LogP contribution in [-0.4, -0.2) is 59.0 Å². The van der Waals surface area contributed by atoms with Crippen molar-refractivity contribution in [1.82, 2.24) is 25.4 Å². The molecule has 1 aliphatic heterocycles. The summed E-state index contributed by atoms with van der Waals surface area (Å²) < 4.78 is 30.8. The predicted molar refractivity (Wildman–Crippen MR) is 152 cm³/mol. The molecule has 2 aromatic carbocycles. The Kier molecular flexibility index (Phi) is 9.96. The topological polar surface area (TPSA) is 98.9 Å². The Hall–Kier alpha value is -4.12. The molecule has 1 saturated heterocycles. The lowest BCUT2D eigenvalue weighted by atomic mass is 9.99. The van der Waals surface area contributed by atoms with E-state index < -0.39 is 12.3 Å². The lowest BCUT2D eigenvalue weighted by Gasteiger charge is -2.28. The van der Waals surface area contributed by atoms with Crippen molar-refractivity contribution in [1.29, 1.82) is 0 Å². The van der Waals surface area contributed by atoms with Gasteiger partial charge in [0, 0.05) is 50.3 Å². The van der Waals surface area contributed by atoms with Crippen LogP contribution in [0.3, 0.4) is 0 Å². The van der Waals surface area contributed by atoms with Gasteiger partial charge in [-0.15, -0.1) is 10.2 Å². The number of aromatic nitrogens is 2. The molecule has 2 N–H and O–H groups in total. The third-order valence-electron chi connectivity index (χ3n) is 6.78. The van der Waals surface area contributed by atoms with Crippen LogP contribution < -0.4 is 10.6 Å². The number of piperazine rings is 1. The van der Waals surface area contributed by atoms with Gasteiger partial charge in [0.2, 0.25) is 5.89 Å². The number of alkyl halides is 2. The average molecular weight is 552 g/mol. The van der Waals surface area contributed by atoms with Crippen LogP contribution in [0.4, 0.5) is 19.3 Å². The fourth-order valence-corrected chi connectivity index (χ4v) is 4.55. The number of amides is 2. The highest BCUT2D eigenvalue weighted by molar-refractivity contribution is 5.90. The van der Waals surface area contributed by atoms with Crippen molar-refractivity contribution in [3.05, 3.63) is 71.7 Å². The lowest BCUT2D eigenvalue weighted by molar-refractivity contribution is 0.116. The van der Waals surface area contributed by atoms with Crippen molar-refractivity contribution in [2.75, 3.05) is 31.5 Å². The second-order valence-electron chi connectivity index (χ2n) is 9.61. The van der Waals surface area contributed by atoms with E-state index in [1.807, 2.05) is 54.5 Å². The van der Waals surface area contributed by atoms with Crippen LogP contribution in [0.15, 0.2) is 64.2 Å². The summed E-state index contributed by atoms with van der Waals surface area (Å²) >= 11 is 0. The number of unbranched alkanes of at least 4 members (excludes halogenated alkanes) is 1. The summed E-state index contributed by atoms with van der Waals surface area (Å²) in [7, 11) is 0. The molecular weight excluding hydrogens is 516 g/mol. The molecule has 1 atom stereocenters. The van der Waals surface area contributed by atoms with Crippen molar-refractivity contribution in [2.24, 2.45) is 5.10 Å². The number of carbonyl (C=O) groups excluding carboxylic acids is 1. The third-order valence-corrected chi connectivity index (χ3v) is 6.78. The molecule has 4 rings (SSSR count). The monoisotopic (exact) mass is 551 g/mol. The molecule has 3 aromatic rings. The van der Waals surface area contributed by atoms with E-state index in [1.165, 1.54) is 0 Å². The first kappa shape index (κ1) is 28.9. The van der Waals surface area contributed by atoms with Crippen LogP contribution in [0.1, 0.15) is 62.6 Å². The van der Waals surface area contributed by atoms with Crippen molar-refractivity contribution in [3.8, 4) is 11.5 Å². The van der Waals surface area contributed by atoms with Gasteiger partial charge in [-0.1, -0.05) is 44.0 Å². The minimum atomic E-state index is -2.81. The normalized spacial score (nSPS) is 14.7. The fourth-order valence-electron chi connectivity index (χ4n) is 4.55. The Bertz CT molecular complexity index is 1300. The van der Waals surface area contributed by atoms with Gasteiger partial charge in [-0.05, 0) is 54.3 Å². The summed E-state index contributed by atoms with van der Waals surface area (Å²) in [4.78, 5) is 14.5. The average Bonchev–Trinajstić information content (AvgIpc) is 3.48. The lowest BCUT2D eigenvalue weighted by Crippen LogP contribution is -2.48. The molecule has 0 aliphatic carbocycles. The second-order valence-corrected chi connectivity index (χ2v) is 9.61. The largest absolute Gasteiger partial charge is 0.415 e. The number of nitrogens with one attached hydrogen (secondary N) is 2. The molecular formula is C29H35F2N7O2. The number of allylic oxidation sites excluding steroid dienone is 1. The number of hydrazone groups is 1. The van der Waals surface area contributed by atoms with Crippen molar-refractivity contribution >= 4 is 24.0 Å². The zero-order valence-electron chi connectivity index (χ0n) is 22.8. The summed E-state index contributed by atoms with van der Waals surface area (Å²) in [5.74, 6) is -0.652. The fraction of sp³-hybridized carbons (Fsp3) is 0.379. The molecule has 40 heavy (non-hydrogen) atoms. The number of carbonyl (C=O) groups is 1. The van der Waals surface area contributed by atoms with Gasteiger partial charge in [0.1, 0.15) is 0 Å². The number of halogens is 2. The molecule has 1 aromatic heterocycles. The van der Waals surface area contributed by atoms with E-state index >= 15 is 0 Å². The number of nitrogens with zero attached hydrogens (tertiary/aromatic N) is 5. The summed E-state index contributed by atoms with van der Waals surface area (Å²) in [6.07, 6.45) is 1.95. The van der Waals surface area contributed by atoms with E-state index in [2.05, 4.69) is 39.6 Å². The Balaban J connectivity index is 1.52. The SMILES string of the molecule is C=NN(/C=C(\C)c1cccc(NC(=O)N2CCNCC2)c1)C(CCCC)c1ccc(-c2nnc(C(F)F)o2)cc1. The van der Waals surface area contributed by atoms with Crippen LogP contribution in [0.25, 0.3) is 17.0 Å².